The van der Waals surface area contributed by atoms with Crippen molar-refractivity contribution in [1.82, 2.24) is 0 Å². The van der Waals surface area contributed by atoms with E-state index in [4.69, 9.17) is 10.8 Å². The molecule has 3 aliphatic rings. The number of aliphatic carboxylic acids is 1. The quantitative estimate of drug-likeness (QED) is 0.700. The summed E-state index contributed by atoms with van der Waals surface area (Å²) in [4.78, 5) is 10.7. The molecule has 3 aliphatic carbocycles. The largest absolute Gasteiger partial charge is 0.480 e. The van der Waals surface area contributed by atoms with Crippen molar-refractivity contribution in [2.24, 2.45) is 28.9 Å². The Morgan fingerprint density at radius 3 is 2.67 bits per heavy atom. The fourth-order valence-electron chi connectivity index (χ4n) is 3.63. The normalized spacial score (nSPS) is 38.9. The maximum Gasteiger partial charge on any atom is 0.321 e. The fraction of sp³-hybridized carbons (Fsp3) is 0.923. The van der Waals surface area contributed by atoms with Gasteiger partial charge in [0.05, 0.1) is 0 Å². The van der Waals surface area contributed by atoms with Crippen LogP contribution in [0.1, 0.15) is 26.7 Å². The van der Waals surface area contributed by atoms with Gasteiger partial charge in [-0.2, -0.15) is 11.8 Å². The van der Waals surface area contributed by atoms with Crippen molar-refractivity contribution < 1.29 is 15.0 Å². The lowest BCUT2D eigenvalue weighted by Crippen LogP contribution is -2.57. The van der Waals surface area contributed by atoms with Crippen LogP contribution in [0.2, 0.25) is 0 Å². The number of aliphatic hydroxyl groups excluding tert-OH is 1. The van der Waals surface area contributed by atoms with E-state index in [0.29, 0.717) is 28.3 Å². The number of hydrogen-bond donors (Lipinski definition) is 3. The third-order valence-electron chi connectivity index (χ3n) is 5.08. The zero-order valence-electron chi connectivity index (χ0n) is 11.0. The van der Waals surface area contributed by atoms with Crippen molar-refractivity contribution in [1.29, 1.82) is 0 Å². The lowest BCUT2D eigenvalue weighted by atomic mass is 9.45. The molecule has 18 heavy (non-hydrogen) atoms. The minimum absolute atomic E-state index is 0.209. The van der Waals surface area contributed by atoms with Gasteiger partial charge in [-0.05, 0) is 36.0 Å². The molecule has 2 bridgehead atoms. The van der Waals surface area contributed by atoms with Crippen LogP contribution in [0.25, 0.3) is 0 Å². The van der Waals surface area contributed by atoms with Crippen molar-refractivity contribution in [3.8, 4) is 0 Å². The molecule has 3 saturated carbocycles. The number of thioether (sulfide) groups is 1. The number of aliphatic hydroxyl groups is 1. The van der Waals surface area contributed by atoms with Gasteiger partial charge in [0, 0.05) is 17.6 Å². The number of fused-ring (bicyclic) bond motifs is 2. The van der Waals surface area contributed by atoms with E-state index in [1.54, 1.807) is 11.8 Å². The summed E-state index contributed by atoms with van der Waals surface area (Å²) in [5.74, 6) is 1.11. The van der Waals surface area contributed by atoms with Crippen molar-refractivity contribution in [3.05, 3.63) is 0 Å². The molecule has 0 unspecified atom stereocenters. The number of carboxylic acids is 1. The topological polar surface area (TPSA) is 83.6 Å². The first-order valence-electron chi connectivity index (χ1n) is 6.58. The van der Waals surface area contributed by atoms with Gasteiger partial charge in [-0.1, -0.05) is 13.8 Å². The molecule has 0 aliphatic heterocycles. The average Bonchev–Trinajstić information content (AvgIpc) is 2.34. The maximum atomic E-state index is 10.7. The summed E-state index contributed by atoms with van der Waals surface area (Å²) in [6.07, 6.45) is 2.31. The Hall–Kier alpha value is -0.260. The maximum absolute atomic E-state index is 10.7. The Morgan fingerprint density at radius 2 is 2.17 bits per heavy atom. The molecule has 5 atom stereocenters. The highest BCUT2D eigenvalue weighted by Gasteiger charge is 2.57. The smallest absolute Gasteiger partial charge is 0.321 e. The van der Waals surface area contributed by atoms with Crippen molar-refractivity contribution in [2.75, 3.05) is 12.4 Å². The van der Waals surface area contributed by atoms with Crippen molar-refractivity contribution in [3.63, 3.8) is 0 Å². The molecule has 0 saturated heterocycles. The minimum atomic E-state index is -0.940. The van der Waals surface area contributed by atoms with Crippen LogP contribution in [-0.4, -0.2) is 39.8 Å². The van der Waals surface area contributed by atoms with Gasteiger partial charge in [-0.15, -0.1) is 0 Å². The van der Waals surface area contributed by atoms with Crippen LogP contribution in [0.4, 0.5) is 0 Å². The van der Waals surface area contributed by atoms with Gasteiger partial charge in [0.15, 0.2) is 0 Å². The van der Waals surface area contributed by atoms with Crippen LogP contribution in [-0.2, 0) is 4.79 Å². The first-order chi connectivity index (χ1) is 8.37. The molecule has 0 aromatic rings. The second-order valence-electron chi connectivity index (χ2n) is 6.26. The molecular formula is C13H23NO3S. The second kappa shape index (κ2) is 5.02. The van der Waals surface area contributed by atoms with Crippen LogP contribution >= 0.6 is 11.8 Å². The summed E-state index contributed by atoms with van der Waals surface area (Å²) >= 11 is 1.64. The Bertz CT molecular complexity index is 334. The summed E-state index contributed by atoms with van der Waals surface area (Å²) in [5.41, 5.74) is 5.88. The summed E-state index contributed by atoms with van der Waals surface area (Å²) in [6, 6.07) is -0.791. The number of rotatable bonds is 5. The van der Waals surface area contributed by atoms with Gasteiger partial charge in [0.25, 0.3) is 0 Å². The summed E-state index contributed by atoms with van der Waals surface area (Å²) in [6.45, 7) is 4.79. The highest BCUT2D eigenvalue weighted by atomic mass is 32.2. The van der Waals surface area contributed by atoms with Crippen LogP contribution in [0.15, 0.2) is 0 Å². The first kappa shape index (κ1) is 14.2. The molecular weight excluding hydrogens is 250 g/mol. The zero-order valence-corrected chi connectivity index (χ0v) is 11.8. The lowest BCUT2D eigenvalue weighted by molar-refractivity contribution is -0.137. The molecule has 4 nitrogen and oxygen atoms in total. The number of carbonyl (C=O) groups is 1. The molecule has 0 amide bonds. The lowest BCUT2D eigenvalue weighted by Gasteiger charge is -2.62. The monoisotopic (exact) mass is 273 g/mol. The van der Waals surface area contributed by atoms with E-state index >= 15 is 0 Å². The summed E-state index contributed by atoms with van der Waals surface area (Å²) in [5, 5.41) is 18.8. The molecule has 5 heteroatoms. The van der Waals surface area contributed by atoms with E-state index in [9.17, 15) is 9.90 Å². The van der Waals surface area contributed by atoms with E-state index < -0.39 is 12.0 Å². The highest BCUT2D eigenvalue weighted by molar-refractivity contribution is 8.00. The second-order valence-corrected chi connectivity index (χ2v) is 7.53. The van der Waals surface area contributed by atoms with Gasteiger partial charge in [-0.25, -0.2) is 0 Å². The summed E-state index contributed by atoms with van der Waals surface area (Å²) < 4.78 is 0. The molecule has 4 N–H and O–H groups in total. The number of hydrogen-bond acceptors (Lipinski definition) is 4. The van der Waals surface area contributed by atoms with E-state index in [-0.39, 0.29) is 6.61 Å². The molecule has 3 fully saturated rings. The number of carboxylic acid groups (broad SMARTS) is 1. The van der Waals surface area contributed by atoms with Crippen LogP contribution in [0.5, 0.6) is 0 Å². The molecule has 0 aromatic heterocycles. The third-order valence-corrected chi connectivity index (χ3v) is 6.60. The summed E-state index contributed by atoms with van der Waals surface area (Å²) in [7, 11) is 0. The number of nitrogens with two attached hydrogens (primary N) is 1. The van der Waals surface area contributed by atoms with E-state index in [1.807, 2.05) is 0 Å². The van der Waals surface area contributed by atoms with Crippen LogP contribution in [0.3, 0.4) is 0 Å². The van der Waals surface area contributed by atoms with E-state index in [2.05, 4.69) is 13.8 Å². The fourth-order valence-corrected chi connectivity index (χ4v) is 5.12. The van der Waals surface area contributed by atoms with E-state index in [1.165, 1.54) is 6.42 Å². The molecule has 0 spiro atoms. The average molecular weight is 273 g/mol. The van der Waals surface area contributed by atoms with E-state index in [0.717, 1.165) is 12.3 Å². The van der Waals surface area contributed by atoms with Crippen LogP contribution in [0, 0.1) is 23.2 Å². The highest BCUT2D eigenvalue weighted by Crippen LogP contribution is 2.63. The third kappa shape index (κ3) is 2.28. The Morgan fingerprint density at radius 1 is 1.50 bits per heavy atom. The molecule has 0 heterocycles. The standard InChI is InChI=1S/C13H23NO3S/c1-13(2)7-3-9(13)8(5-15)11(4-7)18-6-10(14)12(16)17/h7-11,15H,3-6,14H2,1-2H3,(H,16,17)/t7-,8+,9+,10+,11+/m1/s1. The van der Waals surface area contributed by atoms with Gasteiger partial charge in [0.2, 0.25) is 0 Å². The van der Waals surface area contributed by atoms with Crippen molar-refractivity contribution in [2.45, 2.75) is 38.0 Å². The van der Waals surface area contributed by atoms with Gasteiger partial charge in [0.1, 0.15) is 6.04 Å². The minimum Gasteiger partial charge on any atom is -0.480 e. The Labute approximate surface area is 112 Å². The zero-order chi connectivity index (χ0) is 13.5. The predicted octanol–water partition coefficient (Wildman–Crippen LogP) is 1.17. The van der Waals surface area contributed by atoms with Gasteiger partial charge >= 0.3 is 5.97 Å². The molecule has 0 radical (unpaired) electrons. The van der Waals surface area contributed by atoms with Crippen molar-refractivity contribution >= 4 is 17.7 Å². The Kier molecular flexibility index (Phi) is 3.95. The molecule has 3 rings (SSSR count). The van der Waals surface area contributed by atoms with Gasteiger partial charge < -0.3 is 15.9 Å². The Balaban J connectivity index is 1.93. The molecule has 104 valence electrons. The van der Waals surface area contributed by atoms with Crippen LogP contribution < -0.4 is 5.73 Å². The first-order valence-corrected chi connectivity index (χ1v) is 7.63. The molecule has 0 aromatic carbocycles. The SMILES string of the molecule is CC1(C)[C@H]2C[C@H](SC[C@H](N)C(=O)O)[C@@H](CO)[C@@H]1C2. The van der Waals surface area contributed by atoms with Gasteiger partial charge in [-0.3, -0.25) is 4.79 Å². The predicted molar refractivity (Wildman–Crippen MR) is 72.4 cm³/mol.